The Morgan fingerprint density at radius 2 is 1.75 bits per heavy atom. The normalized spacial score (nSPS) is 17.8. The first-order valence-electron chi connectivity index (χ1n) is 11.3. The Balaban J connectivity index is 1.53. The Kier molecular flexibility index (Phi) is 6.83. The second-order valence-electron chi connectivity index (χ2n) is 8.73. The number of hydrogen-bond acceptors (Lipinski definition) is 5. The SMILES string of the molecule is CC(=O)Nc1ccc(S(=O)(=O)NC[C@H](c2ccc3c(c2)CCN3C)N2CCCCC2)cc1. The van der Waals surface area contributed by atoms with Crippen LogP contribution >= 0.6 is 0 Å². The summed E-state index contributed by atoms with van der Waals surface area (Å²) in [7, 11) is -1.56. The van der Waals surface area contributed by atoms with Crippen LogP contribution in [0.3, 0.4) is 0 Å². The molecule has 2 N–H and O–H groups in total. The molecular formula is C24H32N4O3S. The molecule has 1 saturated heterocycles. The van der Waals surface area contributed by atoms with Gasteiger partial charge in [-0.1, -0.05) is 18.6 Å². The topological polar surface area (TPSA) is 81.7 Å². The number of carbonyl (C=O) groups excluding carboxylic acids is 1. The summed E-state index contributed by atoms with van der Waals surface area (Å²) in [6, 6.07) is 12.8. The standard InChI is InChI=1S/C24H32N4O3S/c1-18(29)26-21-7-9-22(10-8-21)32(30,31)25-17-24(28-13-4-3-5-14-28)19-6-11-23-20(16-19)12-15-27(23)2/h6-11,16,24-25H,3-5,12-15,17H2,1-2H3,(H,26,29)/t24-/m1/s1. The molecule has 2 aromatic rings. The summed E-state index contributed by atoms with van der Waals surface area (Å²) in [5, 5.41) is 2.66. The molecule has 0 bridgehead atoms. The van der Waals surface area contributed by atoms with Gasteiger partial charge in [0.15, 0.2) is 0 Å². The molecule has 0 spiro atoms. The van der Waals surface area contributed by atoms with E-state index >= 15 is 0 Å². The van der Waals surface area contributed by atoms with Crippen molar-refractivity contribution in [3.8, 4) is 0 Å². The molecule has 172 valence electrons. The maximum atomic E-state index is 13.0. The molecule has 0 aliphatic carbocycles. The average Bonchev–Trinajstić information content (AvgIpc) is 3.15. The lowest BCUT2D eigenvalue weighted by Crippen LogP contribution is -2.40. The first-order valence-corrected chi connectivity index (χ1v) is 12.8. The number of sulfonamides is 1. The Hall–Kier alpha value is -2.42. The zero-order valence-corrected chi connectivity index (χ0v) is 19.6. The van der Waals surface area contributed by atoms with Crippen molar-refractivity contribution in [3.63, 3.8) is 0 Å². The molecule has 8 heteroatoms. The van der Waals surface area contributed by atoms with E-state index in [1.807, 2.05) is 0 Å². The van der Waals surface area contributed by atoms with E-state index in [9.17, 15) is 13.2 Å². The number of rotatable bonds is 7. The quantitative estimate of drug-likeness (QED) is 0.669. The van der Waals surface area contributed by atoms with Crippen LogP contribution in [-0.4, -0.2) is 52.5 Å². The third-order valence-electron chi connectivity index (χ3n) is 6.40. The van der Waals surface area contributed by atoms with Gasteiger partial charge in [-0.05, 0) is 73.8 Å². The van der Waals surface area contributed by atoms with Gasteiger partial charge >= 0.3 is 0 Å². The molecule has 7 nitrogen and oxygen atoms in total. The first kappa shape index (κ1) is 22.8. The van der Waals surface area contributed by atoms with E-state index in [1.165, 1.54) is 42.3 Å². The van der Waals surface area contributed by atoms with Crippen molar-refractivity contribution in [1.29, 1.82) is 0 Å². The van der Waals surface area contributed by atoms with Crippen molar-refractivity contribution in [2.24, 2.45) is 0 Å². The van der Waals surface area contributed by atoms with Crippen LogP contribution in [0, 0.1) is 0 Å². The number of carbonyl (C=O) groups is 1. The highest BCUT2D eigenvalue weighted by molar-refractivity contribution is 7.89. The number of nitrogens with one attached hydrogen (secondary N) is 2. The van der Waals surface area contributed by atoms with Crippen molar-refractivity contribution in [3.05, 3.63) is 53.6 Å². The van der Waals surface area contributed by atoms with Gasteiger partial charge in [0.05, 0.1) is 4.90 Å². The van der Waals surface area contributed by atoms with Gasteiger partial charge in [-0.15, -0.1) is 0 Å². The highest BCUT2D eigenvalue weighted by atomic mass is 32.2. The van der Waals surface area contributed by atoms with Crippen molar-refractivity contribution in [2.75, 3.05) is 43.4 Å². The number of amides is 1. The van der Waals surface area contributed by atoms with Gasteiger partial charge in [0, 0.05) is 44.5 Å². The van der Waals surface area contributed by atoms with Crippen LogP contribution in [0.1, 0.15) is 43.4 Å². The fourth-order valence-electron chi connectivity index (χ4n) is 4.67. The lowest BCUT2D eigenvalue weighted by molar-refractivity contribution is -0.114. The Morgan fingerprint density at radius 3 is 2.44 bits per heavy atom. The zero-order valence-electron chi connectivity index (χ0n) is 18.8. The fourth-order valence-corrected chi connectivity index (χ4v) is 5.71. The summed E-state index contributed by atoms with van der Waals surface area (Å²) in [5.74, 6) is -0.191. The molecule has 2 heterocycles. The largest absolute Gasteiger partial charge is 0.374 e. The minimum atomic E-state index is -3.67. The lowest BCUT2D eigenvalue weighted by atomic mass is 9.99. The molecule has 0 aromatic heterocycles. The van der Waals surface area contributed by atoms with E-state index in [0.717, 1.165) is 38.9 Å². The maximum absolute atomic E-state index is 13.0. The van der Waals surface area contributed by atoms with Crippen molar-refractivity contribution < 1.29 is 13.2 Å². The third-order valence-corrected chi connectivity index (χ3v) is 7.84. The third kappa shape index (κ3) is 5.14. The maximum Gasteiger partial charge on any atom is 0.240 e. The van der Waals surface area contributed by atoms with E-state index in [2.05, 4.69) is 45.1 Å². The van der Waals surface area contributed by atoms with Crippen LogP contribution < -0.4 is 14.9 Å². The van der Waals surface area contributed by atoms with E-state index in [4.69, 9.17) is 0 Å². The molecule has 2 aliphatic heterocycles. The Labute approximate surface area is 190 Å². The molecule has 32 heavy (non-hydrogen) atoms. The van der Waals surface area contributed by atoms with E-state index < -0.39 is 10.0 Å². The van der Waals surface area contributed by atoms with E-state index in [0.29, 0.717) is 12.2 Å². The zero-order chi connectivity index (χ0) is 22.7. The summed E-state index contributed by atoms with van der Waals surface area (Å²) in [6.07, 6.45) is 4.53. The van der Waals surface area contributed by atoms with Gasteiger partial charge in [-0.3, -0.25) is 9.69 Å². The summed E-state index contributed by atoms with van der Waals surface area (Å²) in [6.45, 7) is 4.73. The van der Waals surface area contributed by atoms with Crippen LogP contribution in [0.2, 0.25) is 0 Å². The smallest absolute Gasteiger partial charge is 0.240 e. The van der Waals surface area contributed by atoms with Crippen LogP contribution in [0.5, 0.6) is 0 Å². The molecule has 0 unspecified atom stereocenters. The second kappa shape index (κ2) is 9.60. The average molecular weight is 457 g/mol. The number of piperidine rings is 1. The molecule has 1 amide bonds. The lowest BCUT2D eigenvalue weighted by Gasteiger charge is -2.35. The first-order chi connectivity index (χ1) is 15.3. The van der Waals surface area contributed by atoms with Gasteiger partial charge in [0.25, 0.3) is 0 Å². The highest BCUT2D eigenvalue weighted by Gasteiger charge is 2.26. The van der Waals surface area contributed by atoms with Crippen molar-refractivity contribution in [2.45, 2.75) is 43.5 Å². The fraction of sp³-hybridized carbons (Fsp3) is 0.458. The molecule has 0 radical (unpaired) electrons. The summed E-state index contributed by atoms with van der Waals surface area (Å²) < 4.78 is 28.8. The molecule has 2 aliphatic rings. The van der Waals surface area contributed by atoms with Gasteiger partial charge < -0.3 is 10.2 Å². The summed E-state index contributed by atoms with van der Waals surface area (Å²) in [5.41, 5.74) is 4.35. The van der Waals surface area contributed by atoms with Gasteiger partial charge in [0.2, 0.25) is 15.9 Å². The van der Waals surface area contributed by atoms with Crippen LogP contribution in [0.15, 0.2) is 47.4 Å². The molecule has 2 aromatic carbocycles. The minimum Gasteiger partial charge on any atom is -0.374 e. The summed E-state index contributed by atoms with van der Waals surface area (Å²) in [4.78, 5) is 16.1. The van der Waals surface area contributed by atoms with E-state index in [1.54, 1.807) is 12.1 Å². The number of anilines is 2. The molecular weight excluding hydrogens is 424 g/mol. The second-order valence-corrected chi connectivity index (χ2v) is 10.5. The Morgan fingerprint density at radius 1 is 1.03 bits per heavy atom. The highest BCUT2D eigenvalue weighted by Crippen LogP contribution is 2.32. The van der Waals surface area contributed by atoms with Crippen LogP contribution in [0.4, 0.5) is 11.4 Å². The monoisotopic (exact) mass is 456 g/mol. The van der Waals surface area contributed by atoms with Crippen molar-refractivity contribution >= 4 is 27.3 Å². The number of fused-ring (bicyclic) bond motifs is 1. The van der Waals surface area contributed by atoms with Crippen LogP contribution in [-0.2, 0) is 21.2 Å². The number of likely N-dealkylation sites (N-methyl/N-ethyl adjacent to an activating group) is 1. The molecule has 1 fully saturated rings. The van der Waals surface area contributed by atoms with Crippen molar-refractivity contribution in [1.82, 2.24) is 9.62 Å². The predicted molar refractivity (Wildman–Crippen MR) is 128 cm³/mol. The number of likely N-dealkylation sites (tertiary alicyclic amines) is 1. The van der Waals surface area contributed by atoms with Gasteiger partial charge in [0.1, 0.15) is 0 Å². The van der Waals surface area contributed by atoms with E-state index in [-0.39, 0.29) is 16.8 Å². The van der Waals surface area contributed by atoms with Gasteiger partial charge in [-0.25, -0.2) is 13.1 Å². The van der Waals surface area contributed by atoms with Crippen LogP contribution in [0.25, 0.3) is 0 Å². The van der Waals surface area contributed by atoms with Gasteiger partial charge in [-0.2, -0.15) is 0 Å². The molecule has 4 rings (SSSR count). The number of benzene rings is 2. The summed E-state index contributed by atoms with van der Waals surface area (Å²) >= 11 is 0. The number of hydrogen-bond donors (Lipinski definition) is 2. The Bertz CT molecular complexity index is 1060. The molecule has 0 saturated carbocycles. The molecule has 1 atom stereocenters. The minimum absolute atomic E-state index is 0.0000612. The predicted octanol–water partition coefficient (Wildman–Crippen LogP) is 3.14. The number of nitrogens with zero attached hydrogens (tertiary/aromatic N) is 2.